The summed E-state index contributed by atoms with van der Waals surface area (Å²) < 4.78 is 5.42. The lowest BCUT2D eigenvalue weighted by Gasteiger charge is -2.25. The maximum atomic E-state index is 13.2. The number of hydrogen-bond acceptors (Lipinski definition) is 7. The van der Waals surface area contributed by atoms with E-state index in [2.05, 4.69) is 4.98 Å². The maximum Gasteiger partial charge on any atom is 0.295 e. The van der Waals surface area contributed by atoms with Crippen LogP contribution in [0.3, 0.4) is 0 Å². The van der Waals surface area contributed by atoms with E-state index in [9.17, 15) is 24.8 Å². The van der Waals surface area contributed by atoms with E-state index >= 15 is 0 Å². The molecule has 1 unspecified atom stereocenters. The zero-order valence-corrected chi connectivity index (χ0v) is 19.3. The molecule has 0 bridgehead atoms. The van der Waals surface area contributed by atoms with Crippen LogP contribution in [-0.4, -0.2) is 38.2 Å². The first-order valence-electron chi connectivity index (χ1n) is 10.7. The molecule has 3 aromatic rings. The quantitative estimate of drug-likeness (QED) is 0.167. The fourth-order valence-electron chi connectivity index (χ4n) is 3.96. The number of pyridine rings is 1. The Labute approximate surface area is 205 Å². The molecule has 4 rings (SSSR count). The van der Waals surface area contributed by atoms with Crippen molar-refractivity contribution in [2.45, 2.75) is 19.5 Å². The number of likely N-dealkylation sites (tertiary alicyclic amines) is 1. The Morgan fingerprint density at radius 2 is 2.00 bits per heavy atom. The fourth-order valence-corrected chi connectivity index (χ4v) is 4.20. The molecule has 1 aliphatic rings. The second-order valence-electron chi connectivity index (χ2n) is 7.72. The molecule has 1 fully saturated rings. The van der Waals surface area contributed by atoms with Crippen LogP contribution < -0.4 is 4.74 Å². The number of halogens is 1. The number of carbonyl (C=O) groups excluding carboxylic acids is 2. The van der Waals surface area contributed by atoms with Gasteiger partial charge in [0.1, 0.15) is 11.5 Å². The molecule has 2 aromatic carbocycles. The number of ether oxygens (including phenoxy) is 1. The van der Waals surface area contributed by atoms with Crippen LogP contribution in [0.25, 0.3) is 5.76 Å². The van der Waals surface area contributed by atoms with Gasteiger partial charge in [0.15, 0.2) is 0 Å². The highest BCUT2D eigenvalue weighted by molar-refractivity contribution is 6.46. The third-order valence-corrected chi connectivity index (χ3v) is 5.81. The lowest BCUT2D eigenvalue weighted by molar-refractivity contribution is -0.384. The summed E-state index contributed by atoms with van der Waals surface area (Å²) in [5.41, 5.74) is 0.751. The van der Waals surface area contributed by atoms with Crippen LogP contribution in [-0.2, 0) is 16.1 Å². The molecule has 0 spiro atoms. The van der Waals surface area contributed by atoms with Gasteiger partial charge < -0.3 is 14.7 Å². The number of aliphatic hydroxyl groups excluding tert-OH is 1. The number of rotatable bonds is 7. The highest BCUT2D eigenvalue weighted by Crippen LogP contribution is 2.41. The molecule has 1 atom stereocenters. The minimum Gasteiger partial charge on any atom is -0.507 e. The molecule has 1 amide bonds. The van der Waals surface area contributed by atoms with E-state index in [0.717, 1.165) is 0 Å². The van der Waals surface area contributed by atoms with Crippen molar-refractivity contribution < 1.29 is 24.4 Å². The van der Waals surface area contributed by atoms with Crippen molar-refractivity contribution in [3.63, 3.8) is 0 Å². The van der Waals surface area contributed by atoms with Crippen LogP contribution in [0, 0.1) is 10.1 Å². The standard InChI is InChI=1S/C25H20ClN3O6/c1-2-35-20-9-8-17(12-19(20)26)23(30)21-22(16-6-3-7-18(11-16)29(33)34)28(25(32)24(21)31)14-15-5-4-10-27-13-15/h3-13,22,30H,2,14H2,1H3/b23-21+. The number of aliphatic hydroxyl groups is 1. The third kappa shape index (κ3) is 4.71. The minimum absolute atomic E-state index is 0.00653. The summed E-state index contributed by atoms with van der Waals surface area (Å²) in [5, 5.41) is 22.8. The van der Waals surface area contributed by atoms with Gasteiger partial charge in [0.25, 0.3) is 17.4 Å². The van der Waals surface area contributed by atoms with E-state index in [1.807, 2.05) is 0 Å². The van der Waals surface area contributed by atoms with Gasteiger partial charge >= 0.3 is 0 Å². The first kappa shape index (κ1) is 23.9. The summed E-state index contributed by atoms with van der Waals surface area (Å²) in [5.74, 6) is -1.80. The molecule has 1 aromatic heterocycles. The number of benzene rings is 2. The molecule has 0 saturated carbocycles. The van der Waals surface area contributed by atoms with E-state index in [0.29, 0.717) is 23.5 Å². The van der Waals surface area contributed by atoms with Crippen LogP contribution in [0.5, 0.6) is 5.75 Å². The monoisotopic (exact) mass is 493 g/mol. The Kier molecular flexibility index (Phi) is 6.79. The lowest BCUT2D eigenvalue weighted by atomic mass is 9.95. The largest absolute Gasteiger partial charge is 0.507 e. The zero-order chi connectivity index (χ0) is 25.1. The average Bonchev–Trinajstić information content (AvgIpc) is 3.10. The van der Waals surface area contributed by atoms with Gasteiger partial charge in [-0.05, 0) is 42.3 Å². The minimum atomic E-state index is -1.07. The summed E-state index contributed by atoms with van der Waals surface area (Å²) in [6, 6.07) is 12.5. The van der Waals surface area contributed by atoms with Crippen molar-refractivity contribution in [2.75, 3.05) is 6.61 Å². The van der Waals surface area contributed by atoms with Crippen LogP contribution >= 0.6 is 11.6 Å². The van der Waals surface area contributed by atoms with Crippen molar-refractivity contribution in [1.82, 2.24) is 9.88 Å². The van der Waals surface area contributed by atoms with Gasteiger partial charge in [0, 0.05) is 36.6 Å². The lowest BCUT2D eigenvalue weighted by Crippen LogP contribution is -2.29. The van der Waals surface area contributed by atoms with Gasteiger partial charge in [-0.3, -0.25) is 24.7 Å². The molecule has 0 radical (unpaired) electrons. The molecule has 10 heteroatoms. The van der Waals surface area contributed by atoms with Gasteiger partial charge in [-0.1, -0.05) is 29.8 Å². The highest BCUT2D eigenvalue weighted by atomic mass is 35.5. The Bertz CT molecular complexity index is 1340. The van der Waals surface area contributed by atoms with E-state index in [1.165, 1.54) is 35.2 Å². The first-order chi connectivity index (χ1) is 16.8. The highest BCUT2D eigenvalue weighted by Gasteiger charge is 2.46. The number of ketones is 1. The Morgan fingerprint density at radius 1 is 1.20 bits per heavy atom. The van der Waals surface area contributed by atoms with Crippen molar-refractivity contribution in [3.05, 3.63) is 104 Å². The number of non-ortho nitro benzene ring substituents is 1. The SMILES string of the molecule is CCOc1ccc(/C(O)=C2\C(=O)C(=O)N(Cc3cccnc3)C2c2cccc([N+](=O)[O-])c2)cc1Cl. The number of hydrogen-bond donors (Lipinski definition) is 1. The molecule has 1 saturated heterocycles. The number of aromatic nitrogens is 1. The molecular weight excluding hydrogens is 474 g/mol. The summed E-state index contributed by atoms with van der Waals surface area (Å²) in [6.45, 7) is 2.19. The molecule has 9 nitrogen and oxygen atoms in total. The Morgan fingerprint density at radius 3 is 2.66 bits per heavy atom. The van der Waals surface area contributed by atoms with E-state index in [4.69, 9.17) is 16.3 Å². The number of amides is 1. The Balaban J connectivity index is 1.87. The number of carbonyl (C=O) groups is 2. The zero-order valence-electron chi connectivity index (χ0n) is 18.6. The van der Waals surface area contributed by atoms with Crippen LogP contribution in [0.4, 0.5) is 5.69 Å². The van der Waals surface area contributed by atoms with Crippen molar-refractivity contribution >= 4 is 34.7 Å². The fraction of sp³-hybridized carbons (Fsp3) is 0.160. The van der Waals surface area contributed by atoms with E-state index in [-0.39, 0.29) is 28.4 Å². The predicted molar refractivity (Wildman–Crippen MR) is 128 cm³/mol. The van der Waals surface area contributed by atoms with Gasteiger partial charge in [-0.15, -0.1) is 0 Å². The van der Waals surface area contributed by atoms with Crippen LogP contribution in [0.15, 0.2) is 72.6 Å². The molecule has 0 aliphatic carbocycles. The maximum absolute atomic E-state index is 13.2. The molecule has 1 aliphatic heterocycles. The summed E-state index contributed by atoms with van der Waals surface area (Å²) in [4.78, 5) is 42.4. The van der Waals surface area contributed by atoms with Gasteiger partial charge in [0.2, 0.25) is 0 Å². The van der Waals surface area contributed by atoms with Crippen LogP contribution in [0.1, 0.15) is 29.7 Å². The molecule has 35 heavy (non-hydrogen) atoms. The predicted octanol–water partition coefficient (Wildman–Crippen LogP) is 4.66. The second-order valence-corrected chi connectivity index (χ2v) is 8.13. The number of nitro groups is 1. The van der Waals surface area contributed by atoms with E-state index in [1.54, 1.807) is 43.6 Å². The summed E-state index contributed by atoms with van der Waals surface area (Å²) in [7, 11) is 0. The summed E-state index contributed by atoms with van der Waals surface area (Å²) >= 11 is 6.27. The topological polar surface area (TPSA) is 123 Å². The Hall–Kier alpha value is -4.24. The van der Waals surface area contributed by atoms with E-state index < -0.39 is 28.4 Å². The smallest absolute Gasteiger partial charge is 0.295 e. The van der Waals surface area contributed by atoms with Gasteiger partial charge in [-0.2, -0.15) is 0 Å². The first-order valence-corrected chi connectivity index (χ1v) is 11.0. The van der Waals surface area contributed by atoms with Crippen LogP contribution in [0.2, 0.25) is 5.02 Å². The summed E-state index contributed by atoms with van der Waals surface area (Å²) in [6.07, 6.45) is 3.13. The van der Waals surface area contributed by atoms with Crippen molar-refractivity contribution in [1.29, 1.82) is 0 Å². The van der Waals surface area contributed by atoms with Gasteiger partial charge in [-0.25, -0.2) is 0 Å². The molecular formula is C25H20ClN3O6. The second kappa shape index (κ2) is 9.94. The third-order valence-electron chi connectivity index (χ3n) is 5.52. The van der Waals surface area contributed by atoms with Crippen molar-refractivity contribution in [2.24, 2.45) is 0 Å². The molecule has 2 heterocycles. The van der Waals surface area contributed by atoms with Crippen molar-refractivity contribution in [3.8, 4) is 5.75 Å². The number of nitro benzene ring substituents is 1. The number of nitrogens with zero attached hydrogens (tertiary/aromatic N) is 3. The van der Waals surface area contributed by atoms with Gasteiger partial charge in [0.05, 0.1) is 28.2 Å². The molecule has 1 N–H and O–H groups in total. The normalized spacial score (nSPS) is 17.0. The number of Topliss-reactive ketones (excluding diaryl/α,β-unsaturated/α-hetero) is 1. The molecule has 178 valence electrons. The average molecular weight is 494 g/mol.